The summed E-state index contributed by atoms with van der Waals surface area (Å²) in [5.41, 5.74) is 6.18. The minimum absolute atomic E-state index is 0.0794. The van der Waals surface area contributed by atoms with E-state index < -0.39 is 23.7 Å². The molecule has 2 rings (SSSR count). The Morgan fingerprint density at radius 3 is 1.96 bits per heavy atom. The number of carbonyl (C=O) groups excluding carboxylic acids is 3. The molecule has 0 radical (unpaired) electrons. The van der Waals surface area contributed by atoms with Crippen LogP contribution in [-0.2, 0) is 23.8 Å². The quantitative estimate of drug-likeness (QED) is 0.510. The Morgan fingerprint density at radius 2 is 1.50 bits per heavy atom. The third-order valence-corrected chi connectivity index (χ3v) is 3.13. The topological polar surface area (TPSA) is 105 Å². The van der Waals surface area contributed by atoms with Gasteiger partial charge in [-0.2, -0.15) is 0 Å². The molecule has 1 aromatic rings. The highest BCUT2D eigenvalue weighted by atomic mass is 16.7. The Balaban J connectivity index is 2.29. The van der Waals surface area contributed by atoms with Gasteiger partial charge in [0.05, 0.1) is 17.4 Å². The van der Waals surface area contributed by atoms with Gasteiger partial charge in [0.1, 0.15) is 0 Å². The highest BCUT2D eigenvalue weighted by Gasteiger charge is 2.40. The first kappa shape index (κ1) is 17.5. The van der Waals surface area contributed by atoms with E-state index in [4.69, 9.17) is 19.9 Å². The Bertz CT molecular complexity index is 693. The van der Waals surface area contributed by atoms with Gasteiger partial charge in [0.2, 0.25) is 0 Å². The Morgan fingerprint density at radius 1 is 1.04 bits per heavy atom. The van der Waals surface area contributed by atoms with Crippen molar-refractivity contribution in [2.75, 3.05) is 0 Å². The lowest BCUT2D eigenvalue weighted by Crippen LogP contribution is -2.42. The molecule has 1 aliphatic rings. The monoisotopic (exact) mass is 333 g/mol. The van der Waals surface area contributed by atoms with Crippen LogP contribution in [0.25, 0.3) is 5.70 Å². The van der Waals surface area contributed by atoms with Crippen molar-refractivity contribution >= 4 is 23.6 Å². The zero-order chi connectivity index (χ0) is 18.1. The van der Waals surface area contributed by atoms with Crippen molar-refractivity contribution in [2.24, 2.45) is 5.73 Å². The second-order valence-corrected chi connectivity index (χ2v) is 6.00. The first-order chi connectivity index (χ1) is 11.1. The number of carbonyl (C=O) groups is 3. The highest BCUT2D eigenvalue weighted by molar-refractivity contribution is 6.20. The van der Waals surface area contributed by atoms with Crippen molar-refractivity contribution in [3.63, 3.8) is 0 Å². The fourth-order valence-electron chi connectivity index (χ4n) is 2.08. The van der Waals surface area contributed by atoms with E-state index in [0.717, 1.165) is 0 Å². The van der Waals surface area contributed by atoms with Crippen LogP contribution in [0, 0.1) is 0 Å². The lowest BCUT2D eigenvalue weighted by atomic mass is 10.0. The number of nitrogens with two attached hydrogens (primary N) is 1. The van der Waals surface area contributed by atoms with E-state index in [1.807, 2.05) is 0 Å². The molecule has 2 N–H and O–H groups in total. The first-order valence-electron chi connectivity index (χ1n) is 7.38. The third-order valence-electron chi connectivity index (χ3n) is 3.13. The zero-order valence-electron chi connectivity index (χ0n) is 13.9. The van der Waals surface area contributed by atoms with Crippen LogP contribution in [-0.4, -0.2) is 29.8 Å². The SMILES string of the molecule is CC(C)OC(=O)c1ccc(C(N)=C2C(=O)OC(C)(C)OC2=O)cc1. The number of cyclic esters (lactones) is 2. The Kier molecular flexibility index (Phi) is 4.64. The van der Waals surface area contributed by atoms with Gasteiger partial charge in [-0.1, -0.05) is 12.1 Å². The van der Waals surface area contributed by atoms with Crippen molar-refractivity contribution in [2.45, 2.75) is 39.6 Å². The van der Waals surface area contributed by atoms with Gasteiger partial charge in [-0.3, -0.25) is 0 Å². The van der Waals surface area contributed by atoms with Crippen LogP contribution in [0.15, 0.2) is 29.8 Å². The molecule has 0 amide bonds. The average Bonchev–Trinajstić information content (AvgIpc) is 2.44. The van der Waals surface area contributed by atoms with Gasteiger partial charge in [-0.25, -0.2) is 14.4 Å². The second-order valence-electron chi connectivity index (χ2n) is 6.00. The van der Waals surface area contributed by atoms with Crippen molar-refractivity contribution in [1.29, 1.82) is 0 Å². The lowest BCUT2D eigenvalue weighted by molar-refractivity contribution is -0.222. The normalized spacial score (nSPS) is 16.5. The predicted octanol–water partition coefficient (Wildman–Crippen LogP) is 1.76. The van der Waals surface area contributed by atoms with Crippen LogP contribution >= 0.6 is 0 Å². The van der Waals surface area contributed by atoms with Gasteiger partial charge in [-0.05, 0) is 31.5 Å². The summed E-state index contributed by atoms with van der Waals surface area (Å²) in [6.07, 6.45) is -0.237. The van der Waals surface area contributed by atoms with Crippen LogP contribution in [0.3, 0.4) is 0 Å². The van der Waals surface area contributed by atoms with Crippen molar-refractivity contribution < 1.29 is 28.6 Å². The summed E-state index contributed by atoms with van der Waals surface area (Å²) in [6, 6.07) is 6.02. The maximum Gasteiger partial charge on any atom is 0.351 e. The number of ether oxygens (including phenoxy) is 3. The fraction of sp³-hybridized carbons (Fsp3) is 0.353. The van der Waals surface area contributed by atoms with Gasteiger partial charge in [-0.15, -0.1) is 0 Å². The summed E-state index contributed by atoms with van der Waals surface area (Å²) in [5.74, 6) is -3.50. The summed E-state index contributed by atoms with van der Waals surface area (Å²) >= 11 is 0. The molecular formula is C17H19NO6. The van der Waals surface area contributed by atoms with Crippen LogP contribution in [0.4, 0.5) is 0 Å². The highest BCUT2D eigenvalue weighted by Crippen LogP contribution is 2.26. The van der Waals surface area contributed by atoms with E-state index in [0.29, 0.717) is 11.1 Å². The molecule has 0 spiro atoms. The third kappa shape index (κ3) is 3.73. The minimum Gasteiger partial charge on any atom is -0.459 e. The van der Waals surface area contributed by atoms with Crippen LogP contribution < -0.4 is 5.73 Å². The van der Waals surface area contributed by atoms with Gasteiger partial charge in [0, 0.05) is 13.8 Å². The van der Waals surface area contributed by atoms with Crippen molar-refractivity contribution in [1.82, 2.24) is 0 Å². The number of benzene rings is 1. The summed E-state index contributed by atoms with van der Waals surface area (Å²) in [6.45, 7) is 6.39. The number of hydrogen-bond donors (Lipinski definition) is 1. The van der Waals surface area contributed by atoms with Gasteiger partial charge < -0.3 is 19.9 Å². The predicted molar refractivity (Wildman–Crippen MR) is 84.4 cm³/mol. The van der Waals surface area contributed by atoms with E-state index in [1.165, 1.54) is 38.1 Å². The molecule has 1 aromatic carbocycles. The molecule has 0 aromatic heterocycles. The fourth-order valence-corrected chi connectivity index (χ4v) is 2.08. The molecule has 1 saturated heterocycles. The summed E-state index contributed by atoms with van der Waals surface area (Å²) in [7, 11) is 0. The van der Waals surface area contributed by atoms with Gasteiger partial charge in [0.25, 0.3) is 5.79 Å². The summed E-state index contributed by atoms with van der Waals surface area (Å²) in [5, 5.41) is 0. The number of rotatable bonds is 3. The smallest absolute Gasteiger partial charge is 0.351 e. The molecule has 1 fully saturated rings. The lowest BCUT2D eigenvalue weighted by Gasteiger charge is -2.30. The summed E-state index contributed by atoms with van der Waals surface area (Å²) < 4.78 is 15.1. The van der Waals surface area contributed by atoms with E-state index in [1.54, 1.807) is 13.8 Å². The maximum atomic E-state index is 12.0. The largest absolute Gasteiger partial charge is 0.459 e. The molecule has 0 atom stereocenters. The maximum absolute atomic E-state index is 12.0. The zero-order valence-corrected chi connectivity index (χ0v) is 13.9. The molecule has 0 aliphatic carbocycles. The van der Waals surface area contributed by atoms with E-state index in [-0.39, 0.29) is 17.4 Å². The van der Waals surface area contributed by atoms with Crippen LogP contribution in [0.1, 0.15) is 43.6 Å². The molecule has 7 heteroatoms. The Hall–Kier alpha value is -2.83. The number of hydrogen-bond acceptors (Lipinski definition) is 7. The molecule has 1 heterocycles. The molecule has 7 nitrogen and oxygen atoms in total. The first-order valence-corrected chi connectivity index (χ1v) is 7.38. The number of esters is 3. The standard InChI is InChI=1S/C17H19NO6/c1-9(2)22-14(19)11-7-5-10(6-8-11)13(18)12-15(20)23-17(3,4)24-16(12)21/h5-9H,18H2,1-4H3. The second kappa shape index (κ2) is 6.35. The molecule has 24 heavy (non-hydrogen) atoms. The molecule has 0 unspecified atom stereocenters. The van der Waals surface area contributed by atoms with Crippen molar-refractivity contribution in [3.05, 3.63) is 41.0 Å². The van der Waals surface area contributed by atoms with Gasteiger partial charge in [0.15, 0.2) is 5.57 Å². The molecule has 1 aliphatic heterocycles. The molecular weight excluding hydrogens is 314 g/mol. The average molecular weight is 333 g/mol. The van der Waals surface area contributed by atoms with Gasteiger partial charge >= 0.3 is 17.9 Å². The van der Waals surface area contributed by atoms with Crippen LogP contribution in [0.5, 0.6) is 0 Å². The van der Waals surface area contributed by atoms with Crippen molar-refractivity contribution in [3.8, 4) is 0 Å². The molecule has 0 bridgehead atoms. The van der Waals surface area contributed by atoms with E-state index in [2.05, 4.69) is 0 Å². The molecule has 0 saturated carbocycles. The Labute approximate surface area is 139 Å². The van der Waals surface area contributed by atoms with Crippen LogP contribution in [0.2, 0.25) is 0 Å². The minimum atomic E-state index is -1.33. The van der Waals surface area contributed by atoms with E-state index in [9.17, 15) is 14.4 Å². The molecule has 128 valence electrons. The van der Waals surface area contributed by atoms with E-state index >= 15 is 0 Å². The summed E-state index contributed by atoms with van der Waals surface area (Å²) in [4.78, 5) is 35.8.